The van der Waals surface area contributed by atoms with E-state index in [0.29, 0.717) is 0 Å². The molecular formula is C13H16N2S. The van der Waals surface area contributed by atoms with Crippen molar-refractivity contribution in [3.8, 4) is 0 Å². The molecule has 3 heteroatoms. The van der Waals surface area contributed by atoms with Crippen LogP contribution in [-0.2, 0) is 6.42 Å². The number of nitrogens with zero attached hydrogens (tertiary/aromatic N) is 1. The lowest BCUT2D eigenvalue weighted by Gasteiger charge is -2.09. The van der Waals surface area contributed by atoms with E-state index in [2.05, 4.69) is 30.1 Å². The van der Waals surface area contributed by atoms with Crippen LogP contribution in [0.25, 0.3) is 0 Å². The molecule has 84 valence electrons. The monoisotopic (exact) mass is 232 g/mol. The van der Waals surface area contributed by atoms with Gasteiger partial charge in [0.1, 0.15) is 0 Å². The Balaban J connectivity index is 2.27. The zero-order valence-electron chi connectivity index (χ0n) is 9.60. The first kappa shape index (κ1) is 11.3. The average Bonchev–Trinajstić information content (AvgIpc) is 2.76. The summed E-state index contributed by atoms with van der Waals surface area (Å²) < 4.78 is 0. The first-order chi connectivity index (χ1) is 7.70. The van der Waals surface area contributed by atoms with E-state index in [1.807, 2.05) is 19.3 Å². The number of hydrogen-bond donors (Lipinski definition) is 1. The highest BCUT2D eigenvalue weighted by Crippen LogP contribution is 2.26. The maximum Gasteiger partial charge on any atom is 0.0661 e. The van der Waals surface area contributed by atoms with Gasteiger partial charge in [-0.15, -0.1) is 11.3 Å². The van der Waals surface area contributed by atoms with Crippen molar-refractivity contribution in [3.05, 3.63) is 51.5 Å². The van der Waals surface area contributed by atoms with Gasteiger partial charge in [-0.2, -0.15) is 0 Å². The van der Waals surface area contributed by atoms with Crippen LogP contribution in [0, 0.1) is 6.92 Å². The molecule has 0 saturated heterocycles. The summed E-state index contributed by atoms with van der Waals surface area (Å²) >= 11 is 1.79. The SMILES string of the molecule is CCc1ccc(C(N)c2cncc(C)c2)s1. The molecule has 0 aliphatic rings. The van der Waals surface area contributed by atoms with Crippen LogP contribution >= 0.6 is 11.3 Å². The summed E-state index contributed by atoms with van der Waals surface area (Å²) in [7, 11) is 0. The summed E-state index contributed by atoms with van der Waals surface area (Å²) in [6.45, 7) is 4.20. The molecule has 2 aromatic heterocycles. The van der Waals surface area contributed by atoms with Crippen LogP contribution in [0.15, 0.2) is 30.6 Å². The second kappa shape index (κ2) is 4.76. The summed E-state index contributed by atoms with van der Waals surface area (Å²) in [5, 5.41) is 0. The predicted octanol–water partition coefficient (Wildman–Crippen LogP) is 3.06. The van der Waals surface area contributed by atoms with Crippen LogP contribution in [0.5, 0.6) is 0 Å². The van der Waals surface area contributed by atoms with E-state index in [-0.39, 0.29) is 6.04 Å². The van der Waals surface area contributed by atoms with Crippen LogP contribution in [-0.4, -0.2) is 4.98 Å². The molecule has 0 aliphatic carbocycles. The Morgan fingerprint density at radius 1 is 1.38 bits per heavy atom. The van der Waals surface area contributed by atoms with Gasteiger partial charge in [0.05, 0.1) is 6.04 Å². The number of rotatable bonds is 3. The maximum absolute atomic E-state index is 6.22. The van der Waals surface area contributed by atoms with Gasteiger partial charge in [0.25, 0.3) is 0 Å². The molecule has 1 atom stereocenters. The first-order valence-corrected chi connectivity index (χ1v) is 6.28. The van der Waals surface area contributed by atoms with E-state index < -0.39 is 0 Å². The topological polar surface area (TPSA) is 38.9 Å². The van der Waals surface area contributed by atoms with Crippen molar-refractivity contribution in [2.75, 3.05) is 0 Å². The first-order valence-electron chi connectivity index (χ1n) is 5.46. The summed E-state index contributed by atoms with van der Waals surface area (Å²) in [5.41, 5.74) is 8.46. The van der Waals surface area contributed by atoms with E-state index in [4.69, 9.17) is 5.73 Å². The average molecular weight is 232 g/mol. The van der Waals surface area contributed by atoms with E-state index in [0.717, 1.165) is 17.5 Å². The standard InChI is InChI=1S/C13H16N2S/c1-3-11-4-5-12(16-11)13(14)10-6-9(2)7-15-8-10/h4-8,13H,3,14H2,1-2H3. The smallest absolute Gasteiger partial charge is 0.0661 e. The minimum absolute atomic E-state index is 0.0438. The molecule has 2 aromatic rings. The maximum atomic E-state index is 6.22. The highest BCUT2D eigenvalue weighted by Gasteiger charge is 2.11. The Morgan fingerprint density at radius 3 is 2.81 bits per heavy atom. The fraction of sp³-hybridized carbons (Fsp3) is 0.308. The van der Waals surface area contributed by atoms with Crippen molar-refractivity contribution in [1.82, 2.24) is 4.98 Å². The molecule has 0 fully saturated rings. The van der Waals surface area contributed by atoms with E-state index in [9.17, 15) is 0 Å². The fourth-order valence-electron chi connectivity index (χ4n) is 1.66. The van der Waals surface area contributed by atoms with Gasteiger partial charge < -0.3 is 5.73 Å². The molecule has 2 nitrogen and oxygen atoms in total. The van der Waals surface area contributed by atoms with Crippen molar-refractivity contribution in [1.29, 1.82) is 0 Å². The second-order valence-electron chi connectivity index (χ2n) is 3.93. The lowest BCUT2D eigenvalue weighted by Crippen LogP contribution is -2.10. The molecule has 0 aliphatic heterocycles. The zero-order valence-corrected chi connectivity index (χ0v) is 10.4. The van der Waals surface area contributed by atoms with Gasteiger partial charge in [0, 0.05) is 22.1 Å². The van der Waals surface area contributed by atoms with Crippen molar-refractivity contribution in [2.24, 2.45) is 5.73 Å². The number of aromatic nitrogens is 1. The van der Waals surface area contributed by atoms with E-state index in [1.54, 1.807) is 11.3 Å². The van der Waals surface area contributed by atoms with Crippen LogP contribution in [0.3, 0.4) is 0 Å². The Bertz CT molecular complexity index is 476. The van der Waals surface area contributed by atoms with Gasteiger partial charge in [-0.25, -0.2) is 0 Å². The highest BCUT2D eigenvalue weighted by atomic mass is 32.1. The third-order valence-electron chi connectivity index (χ3n) is 2.59. The molecule has 16 heavy (non-hydrogen) atoms. The number of pyridine rings is 1. The second-order valence-corrected chi connectivity index (χ2v) is 5.13. The molecule has 0 saturated carbocycles. The zero-order chi connectivity index (χ0) is 11.5. The largest absolute Gasteiger partial charge is 0.320 e. The third-order valence-corrected chi connectivity index (χ3v) is 3.91. The van der Waals surface area contributed by atoms with E-state index >= 15 is 0 Å². The molecule has 0 aromatic carbocycles. The summed E-state index contributed by atoms with van der Waals surface area (Å²) in [6.07, 6.45) is 4.77. The third kappa shape index (κ3) is 2.31. The number of hydrogen-bond acceptors (Lipinski definition) is 3. The van der Waals surface area contributed by atoms with Crippen LogP contribution in [0.1, 0.15) is 33.8 Å². The number of thiophene rings is 1. The molecule has 1 unspecified atom stereocenters. The lowest BCUT2D eigenvalue weighted by molar-refractivity contribution is 0.881. The Hall–Kier alpha value is -1.19. The predicted molar refractivity (Wildman–Crippen MR) is 68.7 cm³/mol. The van der Waals surface area contributed by atoms with E-state index in [1.165, 1.54) is 9.75 Å². The van der Waals surface area contributed by atoms with Crippen molar-refractivity contribution < 1.29 is 0 Å². The van der Waals surface area contributed by atoms with Gasteiger partial charge in [-0.1, -0.05) is 13.0 Å². The van der Waals surface area contributed by atoms with Crippen molar-refractivity contribution >= 4 is 11.3 Å². The van der Waals surface area contributed by atoms with Gasteiger partial charge in [0.2, 0.25) is 0 Å². The van der Waals surface area contributed by atoms with Gasteiger partial charge in [-0.05, 0) is 36.6 Å². The van der Waals surface area contributed by atoms with Crippen LogP contribution in [0.4, 0.5) is 0 Å². The summed E-state index contributed by atoms with van der Waals surface area (Å²) in [6, 6.07) is 6.33. The van der Waals surface area contributed by atoms with Gasteiger partial charge >= 0.3 is 0 Å². The number of nitrogens with two attached hydrogens (primary N) is 1. The normalized spacial score (nSPS) is 12.7. The Labute approximate surface area is 100 Å². The highest BCUT2D eigenvalue weighted by molar-refractivity contribution is 7.12. The molecule has 0 radical (unpaired) electrons. The summed E-state index contributed by atoms with van der Waals surface area (Å²) in [4.78, 5) is 6.78. The fourth-order valence-corrected chi connectivity index (χ4v) is 2.65. The quantitative estimate of drug-likeness (QED) is 0.883. The molecular weight excluding hydrogens is 216 g/mol. The van der Waals surface area contributed by atoms with Crippen LogP contribution < -0.4 is 5.73 Å². The van der Waals surface area contributed by atoms with Gasteiger partial charge in [-0.3, -0.25) is 4.98 Å². The minimum Gasteiger partial charge on any atom is -0.320 e. The molecule has 2 rings (SSSR count). The molecule has 2 heterocycles. The lowest BCUT2D eigenvalue weighted by atomic mass is 10.1. The van der Waals surface area contributed by atoms with Crippen LogP contribution in [0.2, 0.25) is 0 Å². The summed E-state index contributed by atoms with van der Waals surface area (Å²) in [5.74, 6) is 0. The Kier molecular flexibility index (Phi) is 3.36. The van der Waals surface area contributed by atoms with Crippen molar-refractivity contribution in [2.45, 2.75) is 26.3 Å². The molecule has 0 amide bonds. The molecule has 2 N–H and O–H groups in total. The number of aryl methyl sites for hydroxylation is 2. The molecule has 0 spiro atoms. The molecule has 0 bridgehead atoms. The van der Waals surface area contributed by atoms with Crippen molar-refractivity contribution in [3.63, 3.8) is 0 Å². The Morgan fingerprint density at radius 2 is 2.19 bits per heavy atom. The van der Waals surface area contributed by atoms with Gasteiger partial charge in [0.15, 0.2) is 0 Å². The minimum atomic E-state index is -0.0438.